The average Bonchev–Trinajstić information content (AvgIpc) is 2.54. The van der Waals surface area contributed by atoms with Crippen LogP contribution in [-0.2, 0) is 6.18 Å². The highest BCUT2D eigenvalue weighted by atomic mass is 19.4. The number of aliphatic hydroxyl groups is 1. The zero-order valence-corrected chi connectivity index (χ0v) is 12.3. The van der Waals surface area contributed by atoms with E-state index >= 15 is 0 Å². The van der Waals surface area contributed by atoms with Crippen LogP contribution in [0.25, 0.3) is 10.9 Å². The number of aliphatic hydroxyl groups excluding tert-OH is 1. The van der Waals surface area contributed by atoms with Crippen molar-refractivity contribution in [3.05, 3.63) is 77.0 Å². The average molecular weight is 317 g/mol. The standard InChI is InChI=1S/C18H14F3NO/c1-11-6-5-9-13-14(17(23)12-7-3-2-4-8-12)10-15(18(19,20)21)22-16(11)13/h2-10,17,23H,1H3. The van der Waals surface area contributed by atoms with Crippen molar-refractivity contribution >= 4 is 10.9 Å². The van der Waals surface area contributed by atoms with Crippen molar-refractivity contribution in [2.24, 2.45) is 0 Å². The lowest BCUT2D eigenvalue weighted by Crippen LogP contribution is -2.11. The molecule has 5 heteroatoms. The third kappa shape index (κ3) is 2.92. The first-order chi connectivity index (χ1) is 10.9. The number of para-hydroxylation sites is 1. The highest BCUT2D eigenvalue weighted by molar-refractivity contribution is 5.86. The zero-order chi connectivity index (χ0) is 16.6. The molecule has 23 heavy (non-hydrogen) atoms. The summed E-state index contributed by atoms with van der Waals surface area (Å²) in [6.07, 6.45) is -5.72. The number of aryl methyl sites for hydroxylation is 1. The first-order valence-corrected chi connectivity index (χ1v) is 7.08. The molecule has 0 amide bonds. The summed E-state index contributed by atoms with van der Waals surface area (Å²) in [4.78, 5) is 3.75. The summed E-state index contributed by atoms with van der Waals surface area (Å²) >= 11 is 0. The van der Waals surface area contributed by atoms with Crippen molar-refractivity contribution in [2.45, 2.75) is 19.2 Å². The van der Waals surface area contributed by atoms with Crippen LogP contribution in [0.2, 0.25) is 0 Å². The van der Waals surface area contributed by atoms with E-state index in [0.29, 0.717) is 16.5 Å². The van der Waals surface area contributed by atoms with E-state index in [-0.39, 0.29) is 11.1 Å². The van der Waals surface area contributed by atoms with Crippen LogP contribution in [-0.4, -0.2) is 10.1 Å². The Labute approximate surface area is 131 Å². The second-order valence-electron chi connectivity index (χ2n) is 5.38. The molecule has 3 aromatic rings. The first kappa shape index (κ1) is 15.5. The fraction of sp³-hybridized carbons (Fsp3) is 0.167. The molecule has 1 N–H and O–H groups in total. The van der Waals surface area contributed by atoms with Crippen LogP contribution >= 0.6 is 0 Å². The molecular weight excluding hydrogens is 303 g/mol. The van der Waals surface area contributed by atoms with Gasteiger partial charge in [0.2, 0.25) is 0 Å². The minimum atomic E-state index is -4.57. The molecule has 0 aliphatic carbocycles. The minimum Gasteiger partial charge on any atom is -0.384 e. The number of benzene rings is 2. The van der Waals surface area contributed by atoms with Crippen molar-refractivity contribution in [1.82, 2.24) is 4.98 Å². The van der Waals surface area contributed by atoms with Gasteiger partial charge in [-0.15, -0.1) is 0 Å². The maximum absolute atomic E-state index is 13.1. The second kappa shape index (κ2) is 5.66. The molecule has 2 aromatic carbocycles. The fourth-order valence-electron chi connectivity index (χ4n) is 2.60. The lowest BCUT2D eigenvalue weighted by atomic mass is 9.96. The summed E-state index contributed by atoms with van der Waals surface area (Å²) in [6, 6.07) is 14.7. The Bertz CT molecular complexity index is 844. The predicted octanol–water partition coefficient (Wildman–Crippen LogP) is 4.64. The smallest absolute Gasteiger partial charge is 0.384 e. The van der Waals surface area contributed by atoms with Gasteiger partial charge < -0.3 is 5.11 Å². The number of fused-ring (bicyclic) bond motifs is 1. The predicted molar refractivity (Wildman–Crippen MR) is 82.0 cm³/mol. The number of nitrogens with zero attached hydrogens (tertiary/aromatic N) is 1. The normalized spacial score (nSPS) is 13.3. The fourth-order valence-corrected chi connectivity index (χ4v) is 2.60. The molecule has 1 aromatic heterocycles. The molecule has 0 aliphatic rings. The molecule has 0 saturated carbocycles. The number of hydrogen-bond acceptors (Lipinski definition) is 2. The van der Waals surface area contributed by atoms with Gasteiger partial charge in [0.15, 0.2) is 0 Å². The molecule has 0 bridgehead atoms. The minimum absolute atomic E-state index is 0.206. The number of halogens is 3. The van der Waals surface area contributed by atoms with Gasteiger partial charge in [-0.25, -0.2) is 4.98 Å². The lowest BCUT2D eigenvalue weighted by molar-refractivity contribution is -0.141. The van der Waals surface area contributed by atoms with E-state index in [1.807, 2.05) is 0 Å². The van der Waals surface area contributed by atoms with Crippen molar-refractivity contribution in [3.8, 4) is 0 Å². The third-order valence-electron chi connectivity index (χ3n) is 3.77. The maximum atomic E-state index is 13.1. The van der Waals surface area contributed by atoms with E-state index < -0.39 is 18.0 Å². The van der Waals surface area contributed by atoms with E-state index in [2.05, 4.69) is 4.98 Å². The van der Waals surface area contributed by atoms with E-state index in [1.54, 1.807) is 55.5 Å². The first-order valence-electron chi connectivity index (χ1n) is 7.08. The molecule has 2 nitrogen and oxygen atoms in total. The Kier molecular flexibility index (Phi) is 3.82. The Balaban J connectivity index is 2.28. The number of alkyl halides is 3. The van der Waals surface area contributed by atoms with Crippen LogP contribution < -0.4 is 0 Å². The van der Waals surface area contributed by atoms with Gasteiger partial charge in [-0.3, -0.25) is 0 Å². The summed E-state index contributed by atoms with van der Waals surface area (Å²) in [7, 11) is 0. The number of aromatic nitrogens is 1. The molecule has 1 heterocycles. The van der Waals surface area contributed by atoms with Crippen molar-refractivity contribution in [1.29, 1.82) is 0 Å². The van der Waals surface area contributed by atoms with Gasteiger partial charge in [0, 0.05) is 5.39 Å². The van der Waals surface area contributed by atoms with Gasteiger partial charge in [0.05, 0.1) is 5.52 Å². The topological polar surface area (TPSA) is 33.1 Å². The Hall–Kier alpha value is -2.40. The van der Waals surface area contributed by atoms with Crippen LogP contribution in [0.5, 0.6) is 0 Å². The summed E-state index contributed by atoms with van der Waals surface area (Å²) < 4.78 is 39.4. The molecule has 0 saturated heterocycles. The van der Waals surface area contributed by atoms with E-state index in [1.165, 1.54) is 0 Å². The maximum Gasteiger partial charge on any atom is 0.433 e. The van der Waals surface area contributed by atoms with Crippen molar-refractivity contribution in [3.63, 3.8) is 0 Å². The largest absolute Gasteiger partial charge is 0.433 e. The molecule has 0 spiro atoms. The van der Waals surface area contributed by atoms with E-state index in [9.17, 15) is 18.3 Å². The van der Waals surface area contributed by atoms with Crippen LogP contribution in [0.4, 0.5) is 13.2 Å². The Morgan fingerprint density at radius 2 is 1.70 bits per heavy atom. The van der Waals surface area contributed by atoms with Crippen LogP contribution in [0, 0.1) is 6.92 Å². The molecular formula is C18H14F3NO. The summed E-state index contributed by atoms with van der Waals surface area (Å²) in [5.74, 6) is 0. The molecule has 118 valence electrons. The van der Waals surface area contributed by atoms with Gasteiger partial charge >= 0.3 is 6.18 Å². The summed E-state index contributed by atoms with van der Waals surface area (Å²) in [5.41, 5.74) is 0.638. The van der Waals surface area contributed by atoms with E-state index in [4.69, 9.17) is 0 Å². The van der Waals surface area contributed by atoms with Crippen molar-refractivity contribution < 1.29 is 18.3 Å². The van der Waals surface area contributed by atoms with E-state index in [0.717, 1.165) is 6.07 Å². The van der Waals surface area contributed by atoms with Gasteiger partial charge in [-0.2, -0.15) is 13.2 Å². The third-order valence-corrected chi connectivity index (χ3v) is 3.77. The highest BCUT2D eigenvalue weighted by Crippen LogP contribution is 2.35. The molecule has 1 unspecified atom stereocenters. The molecule has 0 radical (unpaired) electrons. The number of hydrogen-bond donors (Lipinski definition) is 1. The quantitative estimate of drug-likeness (QED) is 0.746. The van der Waals surface area contributed by atoms with Crippen molar-refractivity contribution in [2.75, 3.05) is 0 Å². The lowest BCUT2D eigenvalue weighted by Gasteiger charge is -2.17. The summed E-state index contributed by atoms with van der Waals surface area (Å²) in [6.45, 7) is 1.70. The zero-order valence-electron chi connectivity index (χ0n) is 12.3. The Morgan fingerprint density at radius 3 is 2.35 bits per heavy atom. The second-order valence-corrected chi connectivity index (χ2v) is 5.38. The van der Waals surface area contributed by atoms with Gasteiger partial charge in [-0.1, -0.05) is 48.5 Å². The SMILES string of the molecule is Cc1cccc2c(C(O)c3ccccc3)cc(C(F)(F)F)nc12. The van der Waals surface area contributed by atoms with Crippen LogP contribution in [0.15, 0.2) is 54.6 Å². The molecule has 1 atom stereocenters. The number of rotatable bonds is 2. The number of pyridine rings is 1. The molecule has 0 fully saturated rings. The van der Waals surface area contributed by atoms with Gasteiger partial charge in [-0.05, 0) is 29.7 Å². The van der Waals surface area contributed by atoms with Gasteiger partial charge in [0.1, 0.15) is 11.8 Å². The van der Waals surface area contributed by atoms with Gasteiger partial charge in [0.25, 0.3) is 0 Å². The van der Waals surface area contributed by atoms with Crippen LogP contribution in [0.3, 0.4) is 0 Å². The molecule has 0 aliphatic heterocycles. The highest BCUT2D eigenvalue weighted by Gasteiger charge is 2.34. The Morgan fingerprint density at radius 1 is 1.00 bits per heavy atom. The monoisotopic (exact) mass is 317 g/mol. The van der Waals surface area contributed by atoms with Crippen LogP contribution in [0.1, 0.15) is 28.5 Å². The summed E-state index contributed by atoms with van der Waals surface area (Å²) in [5, 5.41) is 11.1. The molecule has 3 rings (SSSR count).